The summed E-state index contributed by atoms with van der Waals surface area (Å²) in [6.45, 7) is 2.84. The number of aryl methyl sites for hydroxylation is 1. The van der Waals surface area contributed by atoms with Crippen molar-refractivity contribution >= 4 is 11.3 Å². The van der Waals surface area contributed by atoms with Gasteiger partial charge in [0.1, 0.15) is 11.1 Å². The fourth-order valence-corrected chi connectivity index (χ4v) is 3.90. The van der Waals surface area contributed by atoms with E-state index in [9.17, 15) is 0 Å². The van der Waals surface area contributed by atoms with E-state index in [4.69, 9.17) is 15.5 Å². The van der Waals surface area contributed by atoms with Crippen LogP contribution < -0.4 is 5.73 Å². The van der Waals surface area contributed by atoms with Gasteiger partial charge < -0.3 is 10.5 Å². The van der Waals surface area contributed by atoms with Crippen LogP contribution in [0.1, 0.15) is 60.3 Å². The zero-order valence-corrected chi connectivity index (χ0v) is 11.1. The fraction of sp³-hybridized carbons (Fsp3) is 0.769. The highest BCUT2D eigenvalue weighted by molar-refractivity contribution is 7.11. The van der Waals surface area contributed by atoms with Crippen LogP contribution in [-0.4, -0.2) is 11.6 Å². The van der Waals surface area contributed by atoms with Crippen LogP contribution >= 0.6 is 11.3 Å². The summed E-state index contributed by atoms with van der Waals surface area (Å²) in [5.41, 5.74) is 7.28. The highest BCUT2D eigenvalue weighted by atomic mass is 32.1. The lowest BCUT2D eigenvalue weighted by molar-refractivity contribution is 0.0461. The Morgan fingerprint density at radius 2 is 2.29 bits per heavy atom. The highest BCUT2D eigenvalue weighted by Crippen LogP contribution is 2.46. The molecule has 2 atom stereocenters. The molecule has 2 aliphatic rings. The van der Waals surface area contributed by atoms with Gasteiger partial charge in [0.15, 0.2) is 0 Å². The lowest BCUT2D eigenvalue weighted by Gasteiger charge is -2.16. The summed E-state index contributed by atoms with van der Waals surface area (Å²) in [7, 11) is 0. The van der Waals surface area contributed by atoms with Gasteiger partial charge in [-0.15, -0.1) is 11.3 Å². The van der Waals surface area contributed by atoms with Crippen LogP contribution in [0.2, 0.25) is 0 Å². The zero-order chi connectivity index (χ0) is 11.8. The zero-order valence-electron chi connectivity index (χ0n) is 10.3. The van der Waals surface area contributed by atoms with Crippen LogP contribution in [0.4, 0.5) is 0 Å². The topological polar surface area (TPSA) is 48.1 Å². The maximum Gasteiger partial charge on any atom is 0.122 e. The molecule has 0 bridgehead atoms. The van der Waals surface area contributed by atoms with Crippen LogP contribution in [0.5, 0.6) is 0 Å². The molecule has 1 saturated carbocycles. The van der Waals surface area contributed by atoms with E-state index in [1.54, 1.807) is 0 Å². The molecule has 2 N–H and O–H groups in total. The van der Waals surface area contributed by atoms with Crippen molar-refractivity contribution in [1.29, 1.82) is 0 Å². The summed E-state index contributed by atoms with van der Waals surface area (Å²) in [5.74, 6) is 0.707. The molecule has 2 aliphatic carbocycles. The lowest BCUT2D eigenvalue weighted by Crippen LogP contribution is -2.16. The summed E-state index contributed by atoms with van der Waals surface area (Å²) in [6, 6.07) is 0.158. The number of nitrogens with two attached hydrogens (primary N) is 1. The molecule has 3 nitrogen and oxygen atoms in total. The van der Waals surface area contributed by atoms with Gasteiger partial charge >= 0.3 is 0 Å². The van der Waals surface area contributed by atoms with E-state index >= 15 is 0 Å². The average Bonchev–Trinajstić information content (AvgIpc) is 3.05. The first kappa shape index (κ1) is 11.6. The van der Waals surface area contributed by atoms with Crippen molar-refractivity contribution in [2.75, 3.05) is 6.61 Å². The Hall–Kier alpha value is -0.450. The van der Waals surface area contributed by atoms with Gasteiger partial charge in [0.05, 0.1) is 5.69 Å². The van der Waals surface area contributed by atoms with Crippen LogP contribution in [0, 0.1) is 5.92 Å². The molecular weight excluding hydrogens is 232 g/mol. The number of fused-ring (bicyclic) bond motifs is 1. The Balaban J connectivity index is 1.86. The molecule has 0 aromatic carbocycles. The Morgan fingerprint density at radius 3 is 2.94 bits per heavy atom. The van der Waals surface area contributed by atoms with Crippen LogP contribution in [0.25, 0.3) is 0 Å². The minimum absolute atomic E-state index is 0.158. The number of hydrogen-bond acceptors (Lipinski definition) is 4. The summed E-state index contributed by atoms with van der Waals surface area (Å²) >= 11 is 1.84. The molecule has 2 unspecified atom stereocenters. The monoisotopic (exact) mass is 252 g/mol. The molecule has 1 aromatic rings. The van der Waals surface area contributed by atoms with Gasteiger partial charge in [-0.25, -0.2) is 4.98 Å². The predicted molar refractivity (Wildman–Crippen MR) is 69.1 cm³/mol. The van der Waals surface area contributed by atoms with E-state index in [0.29, 0.717) is 5.92 Å². The van der Waals surface area contributed by atoms with Crippen molar-refractivity contribution < 1.29 is 4.74 Å². The van der Waals surface area contributed by atoms with Crippen molar-refractivity contribution in [2.24, 2.45) is 11.7 Å². The van der Waals surface area contributed by atoms with Gasteiger partial charge in [-0.1, -0.05) is 0 Å². The molecule has 1 aromatic heterocycles. The first-order chi connectivity index (χ1) is 8.29. The molecule has 1 heterocycles. The van der Waals surface area contributed by atoms with Crippen LogP contribution in [0.15, 0.2) is 0 Å². The van der Waals surface area contributed by atoms with Crippen molar-refractivity contribution in [1.82, 2.24) is 4.98 Å². The smallest absolute Gasteiger partial charge is 0.122 e. The van der Waals surface area contributed by atoms with Gasteiger partial charge in [-0.05, 0) is 44.9 Å². The van der Waals surface area contributed by atoms with Crippen LogP contribution in [-0.2, 0) is 11.2 Å². The van der Waals surface area contributed by atoms with E-state index in [0.717, 1.165) is 25.1 Å². The summed E-state index contributed by atoms with van der Waals surface area (Å²) in [4.78, 5) is 6.19. The Bertz CT molecular complexity index is 400. The molecule has 3 rings (SSSR count). The van der Waals surface area contributed by atoms with E-state index in [2.05, 4.69) is 6.92 Å². The van der Waals surface area contributed by atoms with Crippen molar-refractivity contribution in [3.05, 3.63) is 15.6 Å². The van der Waals surface area contributed by atoms with Crippen molar-refractivity contribution in [3.8, 4) is 0 Å². The average molecular weight is 252 g/mol. The third-order valence-electron chi connectivity index (χ3n) is 3.65. The van der Waals surface area contributed by atoms with Gasteiger partial charge in [-0.3, -0.25) is 0 Å². The molecule has 0 aliphatic heterocycles. The Kier molecular flexibility index (Phi) is 3.19. The molecule has 1 fully saturated rings. The maximum atomic E-state index is 6.13. The van der Waals surface area contributed by atoms with Crippen molar-refractivity contribution in [2.45, 2.75) is 51.2 Å². The van der Waals surface area contributed by atoms with E-state index in [-0.39, 0.29) is 12.1 Å². The quantitative estimate of drug-likeness (QED) is 0.896. The minimum atomic E-state index is 0.158. The number of hydrogen-bond donors (Lipinski definition) is 1. The minimum Gasteiger partial charge on any atom is -0.371 e. The number of aromatic nitrogens is 1. The normalized spacial score (nSPS) is 25.6. The number of nitrogens with zero attached hydrogens (tertiary/aromatic N) is 1. The highest BCUT2D eigenvalue weighted by Gasteiger charge is 2.36. The van der Waals surface area contributed by atoms with Gasteiger partial charge in [-0.2, -0.15) is 0 Å². The predicted octanol–water partition coefficient (Wildman–Crippen LogP) is 2.97. The number of thiazole rings is 1. The van der Waals surface area contributed by atoms with E-state index in [1.807, 2.05) is 11.3 Å². The molecule has 94 valence electrons. The molecule has 0 saturated heterocycles. The van der Waals surface area contributed by atoms with Crippen molar-refractivity contribution in [3.63, 3.8) is 0 Å². The molecule has 0 spiro atoms. The van der Waals surface area contributed by atoms with Gasteiger partial charge in [0.2, 0.25) is 0 Å². The summed E-state index contributed by atoms with van der Waals surface area (Å²) in [5, 5.41) is 1.18. The number of rotatable bonds is 4. The van der Waals surface area contributed by atoms with E-state index < -0.39 is 0 Å². The van der Waals surface area contributed by atoms with Gasteiger partial charge in [0.25, 0.3) is 0 Å². The second-order valence-corrected chi connectivity index (χ2v) is 6.19. The first-order valence-corrected chi connectivity index (χ1v) is 7.48. The third kappa shape index (κ3) is 2.26. The number of ether oxygens (including phenoxy) is 1. The second-order valence-electron chi connectivity index (χ2n) is 5.07. The molecular formula is C13H20N2OS. The lowest BCUT2D eigenvalue weighted by atomic mass is 9.99. The SMILES string of the molecule is CCOC(c1nc2c(s1)CCCC2N)C1CC1. The standard InChI is InChI=1S/C13H20N2OS/c1-2-16-12(8-6-7-8)13-15-11-9(14)4-3-5-10(11)17-13/h8-9,12H,2-7,14H2,1H3. The molecule has 0 amide bonds. The largest absolute Gasteiger partial charge is 0.371 e. The second kappa shape index (κ2) is 4.67. The Morgan fingerprint density at radius 1 is 1.47 bits per heavy atom. The Labute approximate surface area is 106 Å². The molecule has 4 heteroatoms. The first-order valence-electron chi connectivity index (χ1n) is 6.66. The summed E-state index contributed by atoms with van der Waals surface area (Å²) < 4.78 is 5.87. The third-order valence-corrected chi connectivity index (χ3v) is 4.85. The van der Waals surface area contributed by atoms with Gasteiger partial charge in [0, 0.05) is 17.5 Å². The van der Waals surface area contributed by atoms with Crippen LogP contribution in [0.3, 0.4) is 0 Å². The molecule has 0 radical (unpaired) electrons. The summed E-state index contributed by atoms with van der Waals surface area (Å²) in [6.07, 6.45) is 6.27. The maximum absolute atomic E-state index is 6.13. The van der Waals surface area contributed by atoms with E-state index in [1.165, 1.54) is 29.1 Å². The fourth-order valence-electron chi connectivity index (χ4n) is 2.58. The molecule has 17 heavy (non-hydrogen) atoms.